The molecule has 0 spiro atoms. The molecule has 0 unspecified atom stereocenters. The zero-order chi connectivity index (χ0) is 18.0. The fraction of sp³-hybridized carbons (Fsp3) is 0.857. The third-order valence-electron chi connectivity index (χ3n) is 5.01. The second kappa shape index (κ2) is 16.6. The summed E-state index contributed by atoms with van der Waals surface area (Å²) in [5, 5.41) is 12.6. The fourth-order valence-corrected chi connectivity index (χ4v) is 3.37. The number of nitrogens with zero attached hydrogens (tertiary/aromatic N) is 2. The molecule has 0 radical (unpaired) electrons. The molecule has 25 heavy (non-hydrogen) atoms. The number of rotatable bonds is 17. The molecule has 0 saturated carbocycles. The summed E-state index contributed by atoms with van der Waals surface area (Å²) in [5.74, 6) is 1.01. The van der Waals surface area contributed by atoms with Gasteiger partial charge in [0.15, 0.2) is 0 Å². The number of hydrogen-bond acceptors (Lipinski definition) is 3. The lowest BCUT2D eigenvalue weighted by Gasteiger charge is -2.18. The highest BCUT2D eigenvalue weighted by Gasteiger charge is 2.16. The first kappa shape index (κ1) is 22.2. The van der Waals surface area contributed by atoms with E-state index in [0.717, 1.165) is 30.9 Å². The summed E-state index contributed by atoms with van der Waals surface area (Å²) in [5.41, 5.74) is 0.922. The van der Waals surface area contributed by atoms with Crippen LogP contribution in [0.25, 0.3) is 0 Å². The van der Waals surface area contributed by atoms with E-state index in [0.29, 0.717) is 0 Å². The monoisotopic (exact) mass is 351 g/mol. The number of amidine groups is 1. The average molecular weight is 352 g/mol. The van der Waals surface area contributed by atoms with Gasteiger partial charge in [0.05, 0.1) is 13.1 Å². The molecule has 0 amide bonds. The van der Waals surface area contributed by atoms with Gasteiger partial charge in [0.25, 0.3) is 0 Å². The Labute approximate surface area is 155 Å². The predicted molar refractivity (Wildman–Crippen MR) is 108 cm³/mol. The fourth-order valence-electron chi connectivity index (χ4n) is 3.37. The molecular formula is C21H41N3O. The van der Waals surface area contributed by atoms with Crippen LogP contribution in [0.2, 0.25) is 0 Å². The van der Waals surface area contributed by atoms with E-state index >= 15 is 0 Å². The van der Waals surface area contributed by atoms with E-state index in [4.69, 9.17) is 0 Å². The summed E-state index contributed by atoms with van der Waals surface area (Å²) >= 11 is 0. The molecule has 0 saturated heterocycles. The summed E-state index contributed by atoms with van der Waals surface area (Å²) in [6, 6.07) is 0. The van der Waals surface area contributed by atoms with Gasteiger partial charge in [-0.25, -0.2) is 5.01 Å². The van der Waals surface area contributed by atoms with Crippen LogP contribution < -0.4 is 5.59 Å². The van der Waals surface area contributed by atoms with Crippen molar-refractivity contribution in [3.05, 3.63) is 17.4 Å². The Kier molecular flexibility index (Phi) is 14.7. The maximum atomic E-state index is 10.8. The molecule has 4 heteroatoms. The van der Waals surface area contributed by atoms with E-state index in [9.17, 15) is 5.21 Å². The first-order valence-corrected chi connectivity index (χ1v) is 10.8. The van der Waals surface area contributed by atoms with E-state index in [-0.39, 0.29) is 0 Å². The van der Waals surface area contributed by atoms with Gasteiger partial charge < -0.3 is 5.21 Å². The largest absolute Gasteiger partial charge is 0.609 e. The van der Waals surface area contributed by atoms with Crippen molar-refractivity contribution in [1.29, 1.82) is 0 Å². The molecule has 1 aliphatic rings. The second-order valence-corrected chi connectivity index (χ2v) is 7.28. The Bertz CT molecular complexity index is 355. The van der Waals surface area contributed by atoms with Crippen LogP contribution in [-0.2, 0) is 0 Å². The highest BCUT2D eigenvalue weighted by atomic mass is 16.5. The summed E-state index contributed by atoms with van der Waals surface area (Å²) in [7, 11) is 0. The quantitative estimate of drug-likeness (QED) is 0.171. The smallest absolute Gasteiger partial charge is 0.148 e. The summed E-state index contributed by atoms with van der Waals surface area (Å²) in [4.78, 5) is 4.40. The van der Waals surface area contributed by atoms with Crippen LogP contribution in [0, 0.1) is 5.21 Å². The third kappa shape index (κ3) is 12.2. The SMILES string of the molecule is CCCCCCCCC=CCCCCCCCCC1=NCCN1[NH2+][O-]. The lowest BCUT2D eigenvalue weighted by Crippen LogP contribution is -2.89. The number of unbranched alkanes of at least 4 members (excludes halogenated alkanes) is 12. The normalized spacial score (nSPS) is 14.6. The van der Waals surface area contributed by atoms with Gasteiger partial charge in [-0.3, -0.25) is 10.6 Å². The zero-order valence-electron chi connectivity index (χ0n) is 16.6. The Morgan fingerprint density at radius 2 is 1.44 bits per heavy atom. The van der Waals surface area contributed by atoms with Crippen molar-refractivity contribution >= 4 is 5.84 Å². The van der Waals surface area contributed by atoms with Gasteiger partial charge in [0, 0.05) is 6.42 Å². The second-order valence-electron chi connectivity index (χ2n) is 7.28. The number of allylic oxidation sites excluding steroid dienone is 2. The third-order valence-corrected chi connectivity index (χ3v) is 5.01. The van der Waals surface area contributed by atoms with Crippen molar-refractivity contribution in [2.75, 3.05) is 13.1 Å². The van der Waals surface area contributed by atoms with Crippen LogP contribution in [0.15, 0.2) is 17.1 Å². The molecule has 0 atom stereocenters. The Balaban J connectivity index is 1.78. The molecule has 1 aliphatic heterocycles. The molecular weight excluding hydrogens is 310 g/mol. The number of aliphatic imine (C=N–C) groups is 1. The molecule has 2 N–H and O–H groups in total. The van der Waals surface area contributed by atoms with Crippen LogP contribution in [0.1, 0.15) is 103 Å². The first-order chi connectivity index (χ1) is 12.4. The van der Waals surface area contributed by atoms with Gasteiger partial charge >= 0.3 is 0 Å². The van der Waals surface area contributed by atoms with Crippen LogP contribution in [0.3, 0.4) is 0 Å². The van der Waals surface area contributed by atoms with E-state index in [2.05, 4.69) is 24.1 Å². The van der Waals surface area contributed by atoms with Crippen molar-refractivity contribution in [3.63, 3.8) is 0 Å². The van der Waals surface area contributed by atoms with E-state index < -0.39 is 0 Å². The van der Waals surface area contributed by atoms with E-state index in [1.54, 1.807) is 5.01 Å². The molecule has 0 aromatic heterocycles. The van der Waals surface area contributed by atoms with E-state index in [1.165, 1.54) is 89.9 Å². The maximum Gasteiger partial charge on any atom is 0.148 e. The molecule has 0 bridgehead atoms. The highest BCUT2D eigenvalue weighted by molar-refractivity contribution is 5.82. The van der Waals surface area contributed by atoms with E-state index in [1.807, 2.05) is 0 Å². The van der Waals surface area contributed by atoms with Crippen LogP contribution >= 0.6 is 0 Å². The predicted octanol–water partition coefficient (Wildman–Crippen LogP) is 5.10. The molecule has 4 nitrogen and oxygen atoms in total. The highest BCUT2D eigenvalue weighted by Crippen LogP contribution is 2.12. The minimum Gasteiger partial charge on any atom is -0.609 e. The number of quaternary nitrogens is 1. The molecule has 0 aromatic carbocycles. The van der Waals surface area contributed by atoms with Crippen LogP contribution in [0.5, 0.6) is 0 Å². The van der Waals surface area contributed by atoms with Gasteiger partial charge in [-0.2, -0.15) is 0 Å². The van der Waals surface area contributed by atoms with Crippen molar-refractivity contribution in [2.45, 2.75) is 103 Å². The van der Waals surface area contributed by atoms with Crippen molar-refractivity contribution in [3.8, 4) is 0 Å². The minimum atomic E-state index is 0.783. The summed E-state index contributed by atoms with van der Waals surface area (Å²) < 4.78 is 0. The lowest BCUT2D eigenvalue weighted by molar-refractivity contribution is -0.727. The maximum absolute atomic E-state index is 10.8. The number of nitrogens with two attached hydrogens (primary N) is 1. The van der Waals surface area contributed by atoms with Crippen molar-refractivity contribution in [1.82, 2.24) is 5.01 Å². The Morgan fingerprint density at radius 1 is 0.880 bits per heavy atom. The molecule has 1 heterocycles. The zero-order valence-corrected chi connectivity index (χ0v) is 16.6. The van der Waals surface area contributed by atoms with Gasteiger partial charge in [0.1, 0.15) is 5.84 Å². The summed E-state index contributed by atoms with van der Waals surface area (Å²) in [6.07, 6.45) is 24.4. The lowest BCUT2D eigenvalue weighted by atomic mass is 10.1. The first-order valence-electron chi connectivity index (χ1n) is 10.8. The summed E-state index contributed by atoms with van der Waals surface area (Å²) in [6.45, 7) is 3.85. The van der Waals surface area contributed by atoms with Crippen LogP contribution in [-0.4, -0.2) is 23.9 Å². The average Bonchev–Trinajstić information content (AvgIpc) is 3.09. The number of hydrogen-bond donors (Lipinski definition) is 1. The minimum absolute atomic E-state index is 0.783. The molecule has 0 fully saturated rings. The van der Waals surface area contributed by atoms with Gasteiger partial charge in [0.2, 0.25) is 0 Å². The van der Waals surface area contributed by atoms with Gasteiger partial charge in [-0.05, 0) is 32.1 Å². The topological polar surface area (TPSA) is 55.3 Å². The molecule has 146 valence electrons. The van der Waals surface area contributed by atoms with Crippen molar-refractivity contribution < 1.29 is 5.59 Å². The Hall–Kier alpha value is -0.870. The van der Waals surface area contributed by atoms with Crippen molar-refractivity contribution in [2.24, 2.45) is 4.99 Å². The van der Waals surface area contributed by atoms with Gasteiger partial charge in [-0.1, -0.05) is 76.9 Å². The standard InChI is InChI=1S/C21H41N3O/c1-2-3-4-5-6-7-8-9-10-11-12-13-14-15-16-17-18-21-22-19-20-24(21)23-25/h9-10H,2-8,11-20,23H2,1H3. The molecule has 0 aliphatic carbocycles. The van der Waals surface area contributed by atoms with Crippen LogP contribution in [0.4, 0.5) is 0 Å². The van der Waals surface area contributed by atoms with Gasteiger partial charge in [-0.15, -0.1) is 0 Å². The molecule has 0 aromatic rings. The Morgan fingerprint density at radius 3 is 2.04 bits per heavy atom. The molecule has 1 rings (SSSR count).